The highest BCUT2D eigenvalue weighted by Crippen LogP contribution is 2.31. The lowest BCUT2D eigenvalue weighted by Gasteiger charge is -2.03. The predicted octanol–water partition coefficient (Wildman–Crippen LogP) is 2.75. The van der Waals surface area contributed by atoms with Crippen LogP contribution in [0.5, 0.6) is 5.75 Å². The Morgan fingerprint density at radius 3 is 2.75 bits per heavy atom. The van der Waals surface area contributed by atoms with Gasteiger partial charge < -0.3 is 15.3 Å². The van der Waals surface area contributed by atoms with Gasteiger partial charge in [0.1, 0.15) is 17.2 Å². The Labute approximate surface area is 93.7 Å². The van der Waals surface area contributed by atoms with Crippen molar-refractivity contribution in [1.82, 2.24) is 4.98 Å². The molecule has 16 heavy (non-hydrogen) atoms. The molecule has 2 aromatic rings. The van der Waals surface area contributed by atoms with Crippen LogP contribution >= 0.6 is 0 Å². The minimum atomic E-state index is 0.155. The number of phenolic OH excluding ortho intramolecular Hbond substituents is 1. The predicted molar refractivity (Wildman–Crippen MR) is 62.1 cm³/mol. The Hall–Kier alpha value is -1.97. The van der Waals surface area contributed by atoms with Crippen molar-refractivity contribution in [3.63, 3.8) is 0 Å². The molecule has 4 nitrogen and oxygen atoms in total. The van der Waals surface area contributed by atoms with Gasteiger partial charge in [0.15, 0.2) is 0 Å². The minimum absolute atomic E-state index is 0.155. The summed E-state index contributed by atoms with van der Waals surface area (Å²) in [5, 5.41) is 9.42. The first-order valence-electron chi connectivity index (χ1n) is 5.13. The summed E-state index contributed by atoms with van der Waals surface area (Å²) in [5.74, 6) is 1.14. The molecule has 1 aromatic carbocycles. The Kier molecular flexibility index (Phi) is 2.56. The number of benzene rings is 1. The third-order valence-electron chi connectivity index (χ3n) is 2.31. The van der Waals surface area contributed by atoms with E-state index in [1.54, 1.807) is 18.2 Å². The number of nitrogens with two attached hydrogens (primary N) is 1. The highest BCUT2D eigenvalue weighted by Gasteiger charge is 2.16. The lowest BCUT2D eigenvalue weighted by atomic mass is 10.0. The molecule has 0 aliphatic heterocycles. The Morgan fingerprint density at radius 2 is 2.12 bits per heavy atom. The van der Waals surface area contributed by atoms with E-state index < -0.39 is 0 Å². The summed E-state index contributed by atoms with van der Waals surface area (Å²) in [7, 11) is 0. The number of rotatable bonds is 2. The van der Waals surface area contributed by atoms with E-state index in [0.717, 1.165) is 11.3 Å². The highest BCUT2D eigenvalue weighted by atomic mass is 16.4. The van der Waals surface area contributed by atoms with Gasteiger partial charge in [-0.05, 0) is 12.1 Å². The number of hydrogen-bond acceptors (Lipinski definition) is 4. The summed E-state index contributed by atoms with van der Waals surface area (Å²) in [6, 6.07) is 7.04. The van der Waals surface area contributed by atoms with Crippen molar-refractivity contribution in [1.29, 1.82) is 0 Å². The van der Waals surface area contributed by atoms with Crippen LogP contribution in [0.15, 0.2) is 28.7 Å². The van der Waals surface area contributed by atoms with Gasteiger partial charge in [-0.15, -0.1) is 0 Å². The zero-order valence-corrected chi connectivity index (χ0v) is 9.27. The summed E-state index contributed by atoms with van der Waals surface area (Å²) in [6.07, 6.45) is 0. The summed E-state index contributed by atoms with van der Waals surface area (Å²) in [4.78, 5) is 4.14. The molecule has 0 radical (unpaired) electrons. The fourth-order valence-electron chi connectivity index (χ4n) is 1.60. The molecule has 2 rings (SSSR count). The Morgan fingerprint density at radius 1 is 1.38 bits per heavy atom. The summed E-state index contributed by atoms with van der Waals surface area (Å²) < 4.78 is 5.36. The molecule has 0 amide bonds. The molecule has 84 valence electrons. The number of nitrogen functional groups attached to an aromatic ring is 1. The SMILES string of the molecule is CC(C)c1oc(N)nc1-c1cccc(O)c1. The number of aromatic nitrogens is 1. The molecular weight excluding hydrogens is 204 g/mol. The normalized spacial score (nSPS) is 10.9. The van der Waals surface area contributed by atoms with Gasteiger partial charge in [-0.1, -0.05) is 26.0 Å². The zero-order chi connectivity index (χ0) is 11.7. The van der Waals surface area contributed by atoms with Gasteiger partial charge in [0.2, 0.25) is 0 Å². The van der Waals surface area contributed by atoms with Crippen LogP contribution in [0, 0.1) is 0 Å². The maximum absolute atomic E-state index is 9.42. The van der Waals surface area contributed by atoms with Gasteiger partial charge in [-0.2, -0.15) is 4.98 Å². The smallest absolute Gasteiger partial charge is 0.292 e. The first-order valence-corrected chi connectivity index (χ1v) is 5.13. The monoisotopic (exact) mass is 218 g/mol. The standard InChI is InChI=1S/C12H14N2O2/c1-7(2)11-10(14-12(13)16-11)8-4-3-5-9(15)6-8/h3-7,15H,1-2H3,(H2,13,14). The van der Waals surface area contributed by atoms with Crippen LogP contribution in [0.25, 0.3) is 11.3 Å². The molecule has 1 aromatic heterocycles. The van der Waals surface area contributed by atoms with E-state index in [2.05, 4.69) is 4.98 Å². The number of hydrogen-bond donors (Lipinski definition) is 2. The Bertz CT molecular complexity index is 503. The van der Waals surface area contributed by atoms with Crippen molar-refractivity contribution in [2.45, 2.75) is 19.8 Å². The van der Waals surface area contributed by atoms with Gasteiger partial charge in [-0.3, -0.25) is 0 Å². The largest absolute Gasteiger partial charge is 0.508 e. The first-order chi connectivity index (χ1) is 7.58. The molecule has 0 spiro atoms. The fraction of sp³-hybridized carbons (Fsp3) is 0.250. The number of nitrogens with zero attached hydrogens (tertiary/aromatic N) is 1. The molecule has 3 N–H and O–H groups in total. The number of phenols is 1. The fourth-order valence-corrected chi connectivity index (χ4v) is 1.60. The molecule has 0 unspecified atom stereocenters. The van der Waals surface area contributed by atoms with E-state index in [-0.39, 0.29) is 17.7 Å². The molecule has 0 bridgehead atoms. The van der Waals surface area contributed by atoms with E-state index in [1.165, 1.54) is 0 Å². The van der Waals surface area contributed by atoms with E-state index in [4.69, 9.17) is 10.2 Å². The molecule has 0 saturated heterocycles. The van der Waals surface area contributed by atoms with E-state index in [1.807, 2.05) is 19.9 Å². The van der Waals surface area contributed by atoms with Crippen LogP contribution in [0.1, 0.15) is 25.5 Å². The van der Waals surface area contributed by atoms with Crippen molar-refractivity contribution in [2.75, 3.05) is 5.73 Å². The quantitative estimate of drug-likeness (QED) is 0.812. The second-order valence-corrected chi connectivity index (χ2v) is 3.97. The van der Waals surface area contributed by atoms with E-state index in [9.17, 15) is 5.11 Å². The molecule has 0 fully saturated rings. The van der Waals surface area contributed by atoms with Gasteiger partial charge in [0.25, 0.3) is 6.01 Å². The molecule has 1 heterocycles. The number of aromatic hydroxyl groups is 1. The van der Waals surface area contributed by atoms with Crippen LogP contribution in [0.3, 0.4) is 0 Å². The maximum Gasteiger partial charge on any atom is 0.292 e. The topological polar surface area (TPSA) is 72.3 Å². The summed E-state index contributed by atoms with van der Waals surface area (Å²) in [6.45, 7) is 4.01. The molecular formula is C12H14N2O2. The average Bonchev–Trinajstić information content (AvgIpc) is 2.60. The van der Waals surface area contributed by atoms with Crippen molar-refractivity contribution in [3.8, 4) is 17.0 Å². The molecule has 0 aliphatic rings. The van der Waals surface area contributed by atoms with Crippen molar-refractivity contribution >= 4 is 6.01 Å². The van der Waals surface area contributed by atoms with Crippen LogP contribution in [-0.4, -0.2) is 10.1 Å². The average molecular weight is 218 g/mol. The van der Waals surface area contributed by atoms with Crippen molar-refractivity contribution in [2.24, 2.45) is 0 Å². The van der Waals surface area contributed by atoms with Crippen LogP contribution in [0.2, 0.25) is 0 Å². The van der Waals surface area contributed by atoms with Crippen molar-refractivity contribution in [3.05, 3.63) is 30.0 Å². The molecule has 0 atom stereocenters. The van der Waals surface area contributed by atoms with Gasteiger partial charge in [-0.25, -0.2) is 0 Å². The third-order valence-corrected chi connectivity index (χ3v) is 2.31. The zero-order valence-electron chi connectivity index (χ0n) is 9.27. The second-order valence-electron chi connectivity index (χ2n) is 3.97. The summed E-state index contributed by atoms with van der Waals surface area (Å²) >= 11 is 0. The molecule has 0 saturated carbocycles. The molecule has 0 aliphatic carbocycles. The maximum atomic E-state index is 9.42. The Balaban J connectivity index is 2.55. The number of oxazole rings is 1. The summed E-state index contributed by atoms with van der Waals surface area (Å²) in [5.41, 5.74) is 7.06. The third kappa shape index (κ3) is 1.86. The minimum Gasteiger partial charge on any atom is -0.508 e. The highest BCUT2D eigenvalue weighted by molar-refractivity contribution is 5.64. The second kappa shape index (κ2) is 3.89. The van der Waals surface area contributed by atoms with Gasteiger partial charge >= 0.3 is 0 Å². The lowest BCUT2D eigenvalue weighted by Crippen LogP contribution is -1.88. The van der Waals surface area contributed by atoms with E-state index in [0.29, 0.717) is 5.69 Å². The van der Waals surface area contributed by atoms with Gasteiger partial charge in [0, 0.05) is 11.5 Å². The lowest BCUT2D eigenvalue weighted by molar-refractivity contribution is 0.475. The van der Waals surface area contributed by atoms with Crippen LogP contribution < -0.4 is 5.73 Å². The van der Waals surface area contributed by atoms with E-state index >= 15 is 0 Å². The van der Waals surface area contributed by atoms with Crippen molar-refractivity contribution < 1.29 is 9.52 Å². The van der Waals surface area contributed by atoms with Crippen LogP contribution in [0.4, 0.5) is 6.01 Å². The molecule has 4 heteroatoms. The van der Waals surface area contributed by atoms with Gasteiger partial charge in [0.05, 0.1) is 0 Å². The first kappa shape index (κ1) is 10.5. The number of anilines is 1. The van der Waals surface area contributed by atoms with Crippen LogP contribution in [-0.2, 0) is 0 Å².